The highest BCUT2D eigenvalue weighted by Crippen LogP contribution is 2.14. The third kappa shape index (κ3) is 5.71. The summed E-state index contributed by atoms with van der Waals surface area (Å²) in [5, 5.41) is 2.91. The van der Waals surface area contributed by atoms with E-state index < -0.39 is 0 Å². The highest BCUT2D eigenvalue weighted by molar-refractivity contribution is 5.78. The summed E-state index contributed by atoms with van der Waals surface area (Å²) in [5.74, 6) is 0.503. The molecule has 2 rings (SSSR count). The minimum atomic E-state index is -0.0257. The number of pyridine rings is 1. The molecule has 0 radical (unpaired) electrons. The summed E-state index contributed by atoms with van der Waals surface area (Å²) in [5.41, 5.74) is 3.00. The van der Waals surface area contributed by atoms with Gasteiger partial charge in [0.1, 0.15) is 6.61 Å². The van der Waals surface area contributed by atoms with Crippen molar-refractivity contribution in [2.75, 3.05) is 20.3 Å². The van der Waals surface area contributed by atoms with Crippen molar-refractivity contribution in [3.05, 3.63) is 59.3 Å². The van der Waals surface area contributed by atoms with Crippen molar-refractivity contribution in [2.24, 2.45) is 0 Å². The van der Waals surface area contributed by atoms with Gasteiger partial charge >= 0.3 is 0 Å². The smallest absolute Gasteiger partial charge is 0.224 e. The van der Waals surface area contributed by atoms with Gasteiger partial charge in [-0.15, -0.1) is 0 Å². The Bertz CT molecular complexity index is 644. The number of nitrogens with zero attached hydrogens (tertiary/aromatic N) is 1. The van der Waals surface area contributed by atoms with Crippen LogP contribution in [0.3, 0.4) is 0 Å². The Morgan fingerprint density at radius 2 is 2.09 bits per heavy atom. The summed E-state index contributed by atoms with van der Waals surface area (Å²) in [4.78, 5) is 16.3. The first kappa shape index (κ1) is 17.0. The van der Waals surface area contributed by atoms with E-state index in [1.54, 1.807) is 13.3 Å². The quantitative estimate of drug-likeness (QED) is 0.759. The predicted molar refractivity (Wildman–Crippen MR) is 88.3 cm³/mol. The van der Waals surface area contributed by atoms with Gasteiger partial charge in [-0.3, -0.25) is 4.79 Å². The summed E-state index contributed by atoms with van der Waals surface area (Å²) in [6, 6.07) is 11.7. The molecular formula is C18H22N2O3. The number of hydrogen-bond acceptors (Lipinski definition) is 4. The van der Waals surface area contributed by atoms with Crippen molar-refractivity contribution in [3.63, 3.8) is 0 Å². The zero-order valence-electron chi connectivity index (χ0n) is 13.5. The zero-order chi connectivity index (χ0) is 16.5. The molecule has 2 aromatic rings. The second kappa shape index (κ2) is 8.90. The Morgan fingerprint density at radius 3 is 2.87 bits per heavy atom. The van der Waals surface area contributed by atoms with Crippen LogP contribution in [0.15, 0.2) is 42.6 Å². The fraction of sp³-hybridized carbons (Fsp3) is 0.333. The molecule has 1 N–H and O–H groups in total. The maximum Gasteiger partial charge on any atom is 0.224 e. The van der Waals surface area contributed by atoms with Crippen LogP contribution in [-0.4, -0.2) is 31.2 Å². The van der Waals surface area contributed by atoms with E-state index in [2.05, 4.69) is 10.3 Å². The molecule has 0 atom stereocenters. The monoisotopic (exact) mass is 314 g/mol. The average Bonchev–Trinajstić information content (AvgIpc) is 2.54. The molecule has 0 unspecified atom stereocenters. The van der Waals surface area contributed by atoms with Crippen LogP contribution in [0.4, 0.5) is 0 Å². The van der Waals surface area contributed by atoms with E-state index >= 15 is 0 Å². The van der Waals surface area contributed by atoms with Gasteiger partial charge in [0, 0.05) is 25.4 Å². The number of methoxy groups -OCH3 is 1. The lowest BCUT2D eigenvalue weighted by Gasteiger charge is -2.11. The molecule has 5 heteroatoms. The molecule has 0 bridgehead atoms. The molecule has 0 aliphatic carbocycles. The highest BCUT2D eigenvalue weighted by Gasteiger charge is 2.08. The minimum absolute atomic E-state index is 0.0257. The number of ether oxygens (including phenoxy) is 2. The predicted octanol–water partition coefficient (Wildman–Crippen LogP) is 2.27. The second-order valence-electron chi connectivity index (χ2n) is 5.25. The van der Waals surface area contributed by atoms with E-state index in [1.807, 2.05) is 43.3 Å². The van der Waals surface area contributed by atoms with E-state index in [-0.39, 0.29) is 5.91 Å². The first-order valence-electron chi connectivity index (χ1n) is 7.57. The average molecular weight is 314 g/mol. The van der Waals surface area contributed by atoms with Crippen molar-refractivity contribution >= 4 is 5.91 Å². The molecule has 0 saturated heterocycles. The third-order valence-corrected chi connectivity index (χ3v) is 3.30. The van der Waals surface area contributed by atoms with Gasteiger partial charge in [0.05, 0.1) is 13.0 Å². The van der Waals surface area contributed by atoms with E-state index in [4.69, 9.17) is 9.47 Å². The summed E-state index contributed by atoms with van der Waals surface area (Å²) < 4.78 is 10.5. The topological polar surface area (TPSA) is 60.5 Å². The number of nitrogens with one attached hydrogen (secondary N) is 1. The second-order valence-corrected chi connectivity index (χ2v) is 5.25. The van der Waals surface area contributed by atoms with E-state index in [0.29, 0.717) is 32.1 Å². The lowest BCUT2D eigenvalue weighted by molar-refractivity contribution is -0.120. The molecule has 0 aliphatic rings. The number of aromatic nitrogens is 1. The van der Waals surface area contributed by atoms with Crippen molar-refractivity contribution in [1.29, 1.82) is 0 Å². The Hall–Kier alpha value is -2.40. The van der Waals surface area contributed by atoms with Crippen LogP contribution in [0.5, 0.6) is 5.88 Å². The first-order chi connectivity index (χ1) is 11.2. The molecular weight excluding hydrogens is 292 g/mol. The number of carbonyl (C=O) groups is 1. The highest BCUT2D eigenvalue weighted by atomic mass is 16.5. The van der Waals surface area contributed by atoms with Crippen LogP contribution in [-0.2, 0) is 22.5 Å². The fourth-order valence-corrected chi connectivity index (χ4v) is 2.17. The molecule has 1 heterocycles. The van der Waals surface area contributed by atoms with Gasteiger partial charge in [0.25, 0.3) is 0 Å². The number of hydrogen-bond donors (Lipinski definition) is 1. The van der Waals surface area contributed by atoms with E-state index in [0.717, 1.165) is 16.7 Å². The van der Waals surface area contributed by atoms with Gasteiger partial charge in [-0.1, -0.05) is 35.9 Å². The van der Waals surface area contributed by atoms with Crippen LogP contribution in [0.2, 0.25) is 0 Å². The van der Waals surface area contributed by atoms with Crippen molar-refractivity contribution in [2.45, 2.75) is 19.9 Å². The first-order valence-corrected chi connectivity index (χ1v) is 7.57. The zero-order valence-corrected chi connectivity index (χ0v) is 13.5. The maximum atomic E-state index is 12.1. The molecule has 0 aliphatic heterocycles. The van der Waals surface area contributed by atoms with Gasteiger partial charge in [0.15, 0.2) is 0 Å². The Labute approximate surface area is 136 Å². The van der Waals surface area contributed by atoms with Crippen LogP contribution in [0.1, 0.15) is 16.7 Å². The molecule has 122 valence electrons. The number of aryl methyl sites for hydroxylation is 1. The molecule has 1 aromatic heterocycles. The van der Waals surface area contributed by atoms with Crippen LogP contribution >= 0.6 is 0 Å². The van der Waals surface area contributed by atoms with Crippen LogP contribution in [0, 0.1) is 6.92 Å². The van der Waals surface area contributed by atoms with Gasteiger partial charge < -0.3 is 14.8 Å². The number of amides is 1. The molecule has 0 saturated carbocycles. The normalized spacial score (nSPS) is 10.3. The Morgan fingerprint density at radius 1 is 1.22 bits per heavy atom. The number of carbonyl (C=O) groups excluding carboxylic acids is 1. The van der Waals surface area contributed by atoms with Crippen LogP contribution in [0.25, 0.3) is 0 Å². The summed E-state index contributed by atoms with van der Waals surface area (Å²) >= 11 is 0. The third-order valence-electron chi connectivity index (χ3n) is 3.30. The van der Waals surface area contributed by atoms with Crippen LogP contribution < -0.4 is 10.1 Å². The number of benzene rings is 1. The fourth-order valence-electron chi connectivity index (χ4n) is 2.17. The maximum absolute atomic E-state index is 12.1. The van der Waals surface area contributed by atoms with Crippen molar-refractivity contribution in [3.8, 4) is 5.88 Å². The summed E-state index contributed by atoms with van der Waals surface area (Å²) in [7, 11) is 1.62. The lowest BCUT2D eigenvalue weighted by atomic mass is 10.1. The van der Waals surface area contributed by atoms with E-state index in [1.165, 1.54) is 0 Å². The van der Waals surface area contributed by atoms with Gasteiger partial charge in [-0.2, -0.15) is 0 Å². The molecule has 0 fully saturated rings. The molecule has 23 heavy (non-hydrogen) atoms. The molecule has 5 nitrogen and oxygen atoms in total. The molecule has 1 amide bonds. The standard InChI is InChI=1S/C18H22N2O3/c1-14-5-3-6-15(11-14)12-17(21)20-13-16-7-4-8-19-18(16)23-10-9-22-2/h3-8,11H,9-10,12-13H2,1-2H3,(H,20,21). The summed E-state index contributed by atoms with van der Waals surface area (Å²) in [6.07, 6.45) is 2.03. The van der Waals surface area contributed by atoms with E-state index in [9.17, 15) is 4.79 Å². The Balaban J connectivity index is 1.88. The van der Waals surface area contributed by atoms with Crippen molar-refractivity contribution in [1.82, 2.24) is 10.3 Å². The van der Waals surface area contributed by atoms with Gasteiger partial charge in [-0.25, -0.2) is 4.98 Å². The number of rotatable bonds is 8. The molecule has 1 aromatic carbocycles. The lowest BCUT2D eigenvalue weighted by Crippen LogP contribution is -2.25. The van der Waals surface area contributed by atoms with Crippen molar-refractivity contribution < 1.29 is 14.3 Å². The Kier molecular flexibility index (Phi) is 6.56. The largest absolute Gasteiger partial charge is 0.475 e. The minimum Gasteiger partial charge on any atom is -0.475 e. The van der Waals surface area contributed by atoms with Gasteiger partial charge in [-0.05, 0) is 18.6 Å². The van der Waals surface area contributed by atoms with Gasteiger partial charge in [0.2, 0.25) is 11.8 Å². The SMILES string of the molecule is COCCOc1ncccc1CNC(=O)Cc1cccc(C)c1. The summed E-state index contributed by atoms with van der Waals surface area (Å²) in [6.45, 7) is 3.33. The molecule has 0 spiro atoms.